The van der Waals surface area contributed by atoms with E-state index in [1.807, 2.05) is 18.9 Å². The van der Waals surface area contributed by atoms with Crippen LogP contribution in [0.25, 0.3) is 0 Å². The van der Waals surface area contributed by atoms with Crippen LogP contribution in [0.1, 0.15) is 49.4 Å². The lowest BCUT2D eigenvalue weighted by molar-refractivity contribution is -0.134. The van der Waals surface area contributed by atoms with E-state index in [9.17, 15) is 4.79 Å². The molecular weight excluding hydrogens is 290 g/mol. The zero-order valence-corrected chi connectivity index (χ0v) is 13.4. The summed E-state index contributed by atoms with van der Waals surface area (Å²) >= 11 is 6.37. The van der Waals surface area contributed by atoms with Gasteiger partial charge in [0.15, 0.2) is 0 Å². The highest BCUT2D eigenvalue weighted by atomic mass is 35.5. The number of carbonyl (C=O) groups excluding carboxylic acids is 1. The van der Waals surface area contributed by atoms with E-state index in [0.717, 1.165) is 50.1 Å². The van der Waals surface area contributed by atoms with Crippen molar-refractivity contribution < 1.29 is 9.53 Å². The van der Waals surface area contributed by atoms with E-state index in [4.69, 9.17) is 16.3 Å². The number of likely N-dealkylation sites (tertiary alicyclic amines) is 1. The summed E-state index contributed by atoms with van der Waals surface area (Å²) in [6.45, 7) is 3.55. The predicted molar refractivity (Wildman–Crippen MR) is 80.2 cm³/mol. The minimum absolute atomic E-state index is 0.0695. The molecule has 2 fully saturated rings. The first-order valence-corrected chi connectivity index (χ1v) is 8.05. The van der Waals surface area contributed by atoms with Gasteiger partial charge in [-0.3, -0.25) is 9.48 Å². The van der Waals surface area contributed by atoms with Crippen molar-refractivity contribution in [3.05, 3.63) is 16.4 Å². The lowest BCUT2D eigenvalue weighted by Gasteiger charge is -2.26. The Hall–Kier alpha value is -1.07. The summed E-state index contributed by atoms with van der Waals surface area (Å²) in [5, 5.41) is 5.02. The van der Waals surface area contributed by atoms with Gasteiger partial charge in [-0.15, -0.1) is 0 Å². The van der Waals surface area contributed by atoms with Crippen LogP contribution < -0.4 is 0 Å². The van der Waals surface area contributed by atoms with Gasteiger partial charge in [-0.05, 0) is 32.6 Å². The van der Waals surface area contributed by atoms with Gasteiger partial charge in [0.1, 0.15) is 5.15 Å². The molecule has 1 aromatic heterocycles. The van der Waals surface area contributed by atoms with Gasteiger partial charge in [-0.1, -0.05) is 11.6 Å². The standard InChI is InChI=1S/C15H22ClN3O2/c1-10-14(15(16)18(2)17-10)12-6-3-7-19(12)13(20)9-11-5-4-8-21-11/h11-12H,3-9H2,1-2H3/t11-,12-/m1/s1. The van der Waals surface area contributed by atoms with E-state index in [2.05, 4.69) is 5.10 Å². The number of carbonyl (C=O) groups is 1. The maximum Gasteiger partial charge on any atom is 0.225 e. The minimum atomic E-state index is 0.0695. The predicted octanol–water partition coefficient (Wildman–Crippen LogP) is 2.61. The van der Waals surface area contributed by atoms with Gasteiger partial charge >= 0.3 is 0 Å². The average molecular weight is 312 g/mol. The van der Waals surface area contributed by atoms with Crippen molar-refractivity contribution in [2.24, 2.45) is 7.05 Å². The lowest BCUT2D eigenvalue weighted by atomic mass is 10.0. The molecule has 2 saturated heterocycles. The average Bonchev–Trinajstić information content (AvgIpc) is 3.13. The van der Waals surface area contributed by atoms with E-state index in [-0.39, 0.29) is 18.1 Å². The summed E-state index contributed by atoms with van der Waals surface area (Å²) in [4.78, 5) is 14.6. The fraction of sp³-hybridized carbons (Fsp3) is 0.733. The van der Waals surface area contributed by atoms with E-state index >= 15 is 0 Å². The molecule has 116 valence electrons. The Morgan fingerprint density at radius 2 is 2.24 bits per heavy atom. The maximum absolute atomic E-state index is 12.6. The second kappa shape index (κ2) is 5.97. The largest absolute Gasteiger partial charge is 0.378 e. The van der Waals surface area contributed by atoms with Crippen molar-refractivity contribution in [2.45, 2.75) is 51.2 Å². The van der Waals surface area contributed by atoms with Gasteiger partial charge in [0.25, 0.3) is 0 Å². The SMILES string of the molecule is Cc1nn(C)c(Cl)c1[C@H]1CCCN1C(=O)C[C@H]1CCCO1. The second-order valence-corrected chi connectivity index (χ2v) is 6.36. The monoisotopic (exact) mass is 311 g/mol. The quantitative estimate of drug-likeness (QED) is 0.862. The third-order valence-corrected chi connectivity index (χ3v) is 4.98. The highest BCUT2D eigenvalue weighted by Gasteiger charge is 2.35. The molecule has 0 N–H and O–H groups in total. The molecule has 1 aromatic rings. The summed E-state index contributed by atoms with van der Waals surface area (Å²) in [6.07, 6.45) is 4.64. The van der Waals surface area contributed by atoms with E-state index in [0.29, 0.717) is 11.6 Å². The van der Waals surface area contributed by atoms with Crippen LogP contribution in [0.4, 0.5) is 0 Å². The van der Waals surface area contributed by atoms with Crippen LogP contribution in [0.3, 0.4) is 0 Å². The molecule has 3 rings (SSSR count). The molecule has 0 unspecified atom stereocenters. The molecule has 0 bridgehead atoms. The van der Waals surface area contributed by atoms with Gasteiger partial charge in [0.05, 0.1) is 24.3 Å². The van der Waals surface area contributed by atoms with Crippen molar-refractivity contribution in [3.8, 4) is 0 Å². The summed E-state index contributed by atoms with van der Waals surface area (Å²) in [5.41, 5.74) is 1.93. The van der Waals surface area contributed by atoms with Crippen molar-refractivity contribution in [1.82, 2.24) is 14.7 Å². The van der Waals surface area contributed by atoms with Crippen LogP contribution in [0.15, 0.2) is 0 Å². The molecule has 0 aliphatic carbocycles. The highest BCUT2D eigenvalue weighted by molar-refractivity contribution is 6.30. The number of halogens is 1. The Morgan fingerprint density at radius 3 is 2.86 bits per heavy atom. The normalized spacial score (nSPS) is 25.8. The first-order chi connectivity index (χ1) is 10.1. The fourth-order valence-electron chi connectivity index (χ4n) is 3.51. The van der Waals surface area contributed by atoms with Crippen LogP contribution in [0.5, 0.6) is 0 Å². The molecule has 3 heterocycles. The van der Waals surface area contributed by atoms with Gasteiger partial charge < -0.3 is 9.64 Å². The number of hydrogen-bond donors (Lipinski definition) is 0. The van der Waals surface area contributed by atoms with E-state index in [1.165, 1.54) is 0 Å². The summed E-state index contributed by atoms with van der Waals surface area (Å²) in [5.74, 6) is 0.184. The zero-order valence-electron chi connectivity index (χ0n) is 12.6. The molecule has 0 radical (unpaired) electrons. The minimum Gasteiger partial charge on any atom is -0.378 e. The van der Waals surface area contributed by atoms with Crippen LogP contribution in [-0.2, 0) is 16.6 Å². The number of aryl methyl sites for hydroxylation is 2. The Bertz CT molecular complexity index is 537. The summed E-state index contributed by atoms with van der Waals surface area (Å²) < 4.78 is 7.27. The van der Waals surface area contributed by atoms with Crippen molar-refractivity contribution in [1.29, 1.82) is 0 Å². The number of nitrogens with zero attached hydrogens (tertiary/aromatic N) is 3. The maximum atomic E-state index is 12.6. The van der Waals surface area contributed by atoms with Crippen LogP contribution in [0, 0.1) is 6.92 Å². The highest BCUT2D eigenvalue weighted by Crippen LogP contribution is 2.38. The van der Waals surface area contributed by atoms with Crippen LogP contribution >= 0.6 is 11.6 Å². The van der Waals surface area contributed by atoms with E-state index in [1.54, 1.807) is 4.68 Å². The molecular formula is C15H22ClN3O2. The molecule has 0 saturated carbocycles. The molecule has 21 heavy (non-hydrogen) atoms. The molecule has 5 nitrogen and oxygen atoms in total. The summed E-state index contributed by atoms with van der Waals surface area (Å²) in [6, 6.07) is 0.0695. The molecule has 2 atom stereocenters. The third kappa shape index (κ3) is 2.81. The fourth-order valence-corrected chi connectivity index (χ4v) is 3.81. The van der Waals surface area contributed by atoms with Gasteiger partial charge in [0.2, 0.25) is 5.91 Å². The first-order valence-electron chi connectivity index (χ1n) is 7.68. The molecule has 2 aliphatic rings. The molecule has 2 aliphatic heterocycles. The second-order valence-electron chi connectivity index (χ2n) is 6.00. The van der Waals surface area contributed by atoms with Gasteiger partial charge in [-0.25, -0.2) is 0 Å². The topological polar surface area (TPSA) is 47.4 Å². The number of amides is 1. The van der Waals surface area contributed by atoms with Crippen LogP contribution in [-0.4, -0.2) is 39.8 Å². The van der Waals surface area contributed by atoms with Crippen molar-refractivity contribution >= 4 is 17.5 Å². The Balaban J connectivity index is 1.77. The third-order valence-electron chi connectivity index (χ3n) is 4.53. The number of ether oxygens (including phenoxy) is 1. The zero-order chi connectivity index (χ0) is 15.0. The smallest absolute Gasteiger partial charge is 0.225 e. The lowest BCUT2D eigenvalue weighted by Crippen LogP contribution is -2.33. The van der Waals surface area contributed by atoms with Gasteiger partial charge in [-0.2, -0.15) is 5.10 Å². The number of rotatable bonds is 3. The molecule has 6 heteroatoms. The molecule has 1 amide bonds. The molecule has 0 aromatic carbocycles. The van der Waals surface area contributed by atoms with Crippen molar-refractivity contribution in [3.63, 3.8) is 0 Å². The Morgan fingerprint density at radius 1 is 1.43 bits per heavy atom. The molecule has 0 spiro atoms. The Kier molecular flexibility index (Phi) is 4.22. The van der Waals surface area contributed by atoms with Crippen LogP contribution in [0.2, 0.25) is 5.15 Å². The van der Waals surface area contributed by atoms with Gasteiger partial charge in [0, 0.05) is 25.8 Å². The van der Waals surface area contributed by atoms with Crippen molar-refractivity contribution in [2.75, 3.05) is 13.2 Å². The first kappa shape index (κ1) is 14.9. The number of hydrogen-bond acceptors (Lipinski definition) is 3. The van der Waals surface area contributed by atoms with E-state index < -0.39 is 0 Å². The summed E-state index contributed by atoms with van der Waals surface area (Å²) in [7, 11) is 1.84. The number of aromatic nitrogens is 2. The Labute approximate surface area is 130 Å².